The van der Waals surface area contributed by atoms with Crippen LogP contribution in [0.2, 0.25) is 0 Å². The summed E-state index contributed by atoms with van der Waals surface area (Å²) in [4.78, 5) is 10.3. The maximum Gasteiger partial charge on any atom is 0.303 e. The number of benzene rings is 1. The topological polar surface area (TPSA) is 55.8 Å². The summed E-state index contributed by atoms with van der Waals surface area (Å²) < 4.78 is 11.2. The average Bonchev–Trinajstić information content (AvgIpc) is 2.39. The van der Waals surface area contributed by atoms with Gasteiger partial charge >= 0.3 is 5.97 Å². The normalized spacial score (nSPS) is 10.2. The third-order valence-corrected chi connectivity index (χ3v) is 2.63. The van der Waals surface area contributed by atoms with Crippen LogP contribution in [0.1, 0.15) is 39.0 Å². The van der Waals surface area contributed by atoms with Gasteiger partial charge < -0.3 is 14.6 Å². The van der Waals surface area contributed by atoms with Gasteiger partial charge in [-0.15, -0.1) is 0 Å². The van der Waals surface area contributed by atoms with Gasteiger partial charge in [0, 0.05) is 12.5 Å². The maximum atomic E-state index is 10.3. The standard InChI is InChI=1S/C15H22O4/c1-2-3-10-18-13-7-6-8-14(12-13)19-11-5-4-9-15(16)17/h6-8,12H,2-5,9-11H2,1H3,(H,16,17). The van der Waals surface area contributed by atoms with Gasteiger partial charge in [-0.1, -0.05) is 19.4 Å². The zero-order chi connectivity index (χ0) is 13.9. The van der Waals surface area contributed by atoms with E-state index < -0.39 is 5.97 Å². The van der Waals surface area contributed by atoms with Crippen LogP contribution in [-0.2, 0) is 4.79 Å². The van der Waals surface area contributed by atoms with E-state index in [0.717, 1.165) is 37.4 Å². The minimum atomic E-state index is -0.758. The lowest BCUT2D eigenvalue weighted by Gasteiger charge is -2.09. The average molecular weight is 266 g/mol. The summed E-state index contributed by atoms with van der Waals surface area (Å²) in [6.45, 7) is 3.38. The van der Waals surface area contributed by atoms with Crippen molar-refractivity contribution in [2.45, 2.75) is 39.0 Å². The summed E-state index contributed by atoms with van der Waals surface area (Å²) >= 11 is 0. The first-order chi connectivity index (χ1) is 9.22. The van der Waals surface area contributed by atoms with Crippen LogP contribution in [-0.4, -0.2) is 24.3 Å². The summed E-state index contributed by atoms with van der Waals surface area (Å²) in [6, 6.07) is 7.55. The monoisotopic (exact) mass is 266 g/mol. The number of aliphatic carboxylic acids is 1. The Morgan fingerprint density at radius 3 is 2.32 bits per heavy atom. The van der Waals surface area contributed by atoms with Gasteiger partial charge in [0.25, 0.3) is 0 Å². The van der Waals surface area contributed by atoms with Crippen LogP contribution in [0.15, 0.2) is 24.3 Å². The molecule has 0 spiro atoms. The fourth-order valence-corrected chi connectivity index (χ4v) is 1.56. The molecule has 0 saturated carbocycles. The van der Waals surface area contributed by atoms with Crippen LogP contribution >= 0.6 is 0 Å². The first kappa shape index (κ1) is 15.3. The Kier molecular flexibility index (Phi) is 7.47. The predicted molar refractivity (Wildman–Crippen MR) is 73.8 cm³/mol. The van der Waals surface area contributed by atoms with Gasteiger partial charge in [0.15, 0.2) is 0 Å². The van der Waals surface area contributed by atoms with E-state index in [-0.39, 0.29) is 6.42 Å². The third-order valence-electron chi connectivity index (χ3n) is 2.63. The second kappa shape index (κ2) is 9.25. The summed E-state index contributed by atoms with van der Waals surface area (Å²) in [6.07, 6.45) is 3.73. The van der Waals surface area contributed by atoms with Crippen LogP contribution in [0.5, 0.6) is 11.5 Å². The van der Waals surface area contributed by atoms with Crippen molar-refractivity contribution in [3.05, 3.63) is 24.3 Å². The highest BCUT2D eigenvalue weighted by molar-refractivity contribution is 5.66. The largest absolute Gasteiger partial charge is 0.493 e. The molecule has 0 unspecified atom stereocenters. The van der Waals surface area contributed by atoms with E-state index in [0.29, 0.717) is 13.0 Å². The van der Waals surface area contributed by atoms with Crippen molar-refractivity contribution in [2.75, 3.05) is 13.2 Å². The lowest BCUT2D eigenvalue weighted by Crippen LogP contribution is -2.01. The van der Waals surface area contributed by atoms with Gasteiger partial charge in [0.1, 0.15) is 11.5 Å². The molecule has 0 aliphatic carbocycles. The molecule has 0 aliphatic rings. The Labute approximate surface area is 114 Å². The van der Waals surface area contributed by atoms with E-state index in [1.807, 2.05) is 24.3 Å². The van der Waals surface area contributed by atoms with Crippen LogP contribution in [0, 0.1) is 0 Å². The van der Waals surface area contributed by atoms with Crippen molar-refractivity contribution in [1.29, 1.82) is 0 Å². The van der Waals surface area contributed by atoms with Crippen molar-refractivity contribution in [3.8, 4) is 11.5 Å². The number of hydrogen-bond donors (Lipinski definition) is 1. The molecule has 1 N–H and O–H groups in total. The zero-order valence-electron chi connectivity index (χ0n) is 11.4. The highest BCUT2D eigenvalue weighted by Crippen LogP contribution is 2.20. The van der Waals surface area contributed by atoms with Gasteiger partial charge in [-0.25, -0.2) is 0 Å². The third kappa shape index (κ3) is 7.34. The Morgan fingerprint density at radius 1 is 1.11 bits per heavy atom. The van der Waals surface area contributed by atoms with Gasteiger partial charge in [-0.3, -0.25) is 4.79 Å². The van der Waals surface area contributed by atoms with Gasteiger partial charge in [0.2, 0.25) is 0 Å². The van der Waals surface area contributed by atoms with E-state index in [1.54, 1.807) is 0 Å². The van der Waals surface area contributed by atoms with E-state index in [2.05, 4.69) is 6.92 Å². The quantitative estimate of drug-likeness (QED) is 0.658. The van der Waals surface area contributed by atoms with Gasteiger partial charge in [-0.05, 0) is 31.4 Å². The Hall–Kier alpha value is -1.71. The Bertz CT molecular complexity index is 376. The first-order valence-electron chi connectivity index (χ1n) is 6.80. The van der Waals surface area contributed by atoms with Crippen LogP contribution in [0.4, 0.5) is 0 Å². The SMILES string of the molecule is CCCCOc1cccc(OCCCCC(=O)O)c1. The second-order valence-electron chi connectivity index (χ2n) is 4.38. The lowest BCUT2D eigenvalue weighted by atomic mass is 10.2. The Balaban J connectivity index is 2.25. The zero-order valence-corrected chi connectivity index (χ0v) is 11.4. The number of carboxylic acids is 1. The van der Waals surface area contributed by atoms with Gasteiger partial charge in [0.05, 0.1) is 13.2 Å². The second-order valence-corrected chi connectivity index (χ2v) is 4.38. The molecule has 0 bridgehead atoms. The van der Waals surface area contributed by atoms with Crippen molar-refractivity contribution in [2.24, 2.45) is 0 Å². The Morgan fingerprint density at radius 2 is 1.74 bits per heavy atom. The first-order valence-corrected chi connectivity index (χ1v) is 6.80. The smallest absolute Gasteiger partial charge is 0.303 e. The number of carboxylic acid groups (broad SMARTS) is 1. The van der Waals surface area contributed by atoms with Crippen LogP contribution in [0.3, 0.4) is 0 Å². The van der Waals surface area contributed by atoms with E-state index >= 15 is 0 Å². The molecule has 1 aromatic carbocycles. The molecule has 0 atom stereocenters. The molecule has 0 aromatic heterocycles. The van der Waals surface area contributed by atoms with Crippen molar-refractivity contribution in [1.82, 2.24) is 0 Å². The molecule has 0 fully saturated rings. The summed E-state index contributed by atoms with van der Waals surface area (Å²) in [7, 11) is 0. The molecular weight excluding hydrogens is 244 g/mol. The van der Waals surface area contributed by atoms with Crippen molar-refractivity contribution >= 4 is 5.97 Å². The van der Waals surface area contributed by atoms with Gasteiger partial charge in [-0.2, -0.15) is 0 Å². The molecule has 106 valence electrons. The highest BCUT2D eigenvalue weighted by Gasteiger charge is 1.99. The number of unbranched alkanes of at least 4 members (excludes halogenated alkanes) is 2. The summed E-state index contributed by atoms with van der Waals surface area (Å²) in [5.41, 5.74) is 0. The van der Waals surface area contributed by atoms with E-state index in [9.17, 15) is 4.79 Å². The fraction of sp³-hybridized carbons (Fsp3) is 0.533. The number of ether oxygens (including phenoxy) is 2. The molecule has 0 saturated heterocycles. The number of carbonyl (C=O) groups is 1. The molecule has 1 rings (SSSR count). The lowest BCUT2D eigenvalue weighted by molar-refractivity contribution is -0.137. The molecule has 0 aliphatic heterocycles. The molecule has 1 aromatic rings. The fourth-order valence-electron chi connectivity index (χ4n) is 1.56. The molecule has 0 radical (unpaired) electrons. The summed E-state index contributed by atoms with van der Waals surface area (Å²) in [5, 5.41) is 8.51. The molecular formula is C15H22O4. The summed E-state index contributed by atoms with van der Waals surface area (Å²) in [5.74, 6) is 0.826. The molecule has 19 heavy (non-hydrogen) atoms. The van der Waals surface area contributed by atoms with Crippen LogP contribution < -0.4 is 9.47 Å². The molecule has 0 heterocycles. The van der Waals surface area contributed by atoms with Crippen molar-refractivity contribution < 1.29 is 19.4 Å². The van der Waals surface area contributed by atoms with Crippen LogP contribution in [0.25, 0.3) is 0 Å². The highest BCUT2D eigenvalue weighted by atomic mass is 16.5. The van der Waals surface area contributed by atoms with E-state index in [4.69, 9.17) is 14.6 Å². The van der Waals surface area contributed by atoms with Crippen molar-refractivity contribution in [3.63, 3.8) is 0 Å². The predicted octanol–water partition coefficient (Wildman–Crippen LogP) is 3.50. The molecule has 0 amide bonds. The number of hydrogen-bond acceptors (Lipinski definition) is 3. The minimum absolute atomic E-state index is 0.198. The molecule has 4 nitrogen and oxygen atoms in total. The number of rotatable bonds is 10. The van der Waals surface area contributed by atoms with E-state index in [1.165, 1.54) is 0 Å². The molecule has 4 heteroatoms. The minimum Gasteiger partial charge on any atom is -0.493 e. The maximum absolute atomic E-state index is 10.3.